The smallest absolute Gasteiger partial charge is 0.405 e. The molecule has 0 spiro atoms. The molecule has 0 atom stereocenters. The van der Waals surface area contributed by atoms with Gasteiger partial charge in [0.05, 0.1) is 22.1 Å². The predicted molar refractivity (Wildman–Crippen MR) is 102 cm³/mol. The molecule has 0 aliphatic carbocycles. The quantitative estimate of drug-likeness (QED) is 0.463. The van der Waals surface area contributed by atoms with Gasteiger partial charge in [-0.3, -0.25) is 4.68 Å². The molecule has 0 unspecified atom stereocenters. The largest absolute Gasteiger partial charge is 0.573 e. The van der Waals surface area contributed by atoms with Crippen molar-refractivity contribution in [2.24, 2.45) is 7.05 Å². The Morgan fingerprint density at radius 1 is 1.13 bits per heavy atom. The summed E-state index contributed by atoms with van der Waals surface area (Å²) in [6.45, 7) is 0. The van der Waals surface area contributed by atoms with Gasteiger partial charge in [-0.1, -0.05) is 0 Å². The third-order valence-corrected chi connectivity index (χ3v) is 4.37. The van der Waals surface area contributed by atoms with Crippen molar-refractivity contribution >= 4 is 33.3 Å². The number of benzene rings is 2. The molecule has 6 nitrogen and oxygen atoms in total. The molecule has 2 amide bonds. The standard InChI is InChI=1S/C18H12BrF5N4O2/c1-28-16(12(19)8-25-28)11-7-10(3-5-15(11)30-18(22,23)24)26-17(29)27-14-4-2-9(20)6-13(14)21/h2-8H,1H3,(H2,26,27,29). The van der Waals surface area contributed by atoms with Gasteiger partial charge in [0, 0.05) is 24.4 Å². The zero-order chi connectivity index (χ0) is 22.1. The summed E-state index contributed by atoms with van der Waals surface area (Å²) in [5.74, 6) is -2.31. The average Bonchev–Trinajstić information content (AvgIpc) is 2.96. The normalized spacial score (nSPS) is 11.3. The summed E-state index contributed by atoms with van der Waals surface area (Å²) in [5, 5.41) is 8.51. The van der Waals surface area contributed by atoms with E-state index in [1.807, 2.05) is 0 Å². The number of nitrogens with zero attached hydrogens (tertiary/aromatic N) is 2. The number of hydrogen-bond acceptors (Lipinski definition) is 3. The van der Waals surface area contributed by atoms with Crippen LogP contribution in [0.3, 0.4) is 0 Å². The Kier molecular flexibility index (Phi) is 5.97. The molecule has 3 aromatic rings. The maximum atomic E-state index is 13.7. The number of ether oxygens (including phenoxy) is 1. The summed E-state index contributed by atoms with van der Waals surface area (Å²) in [6, 6.07) is 5.13. The van der Waals surface area contributed by atoms with Gasteiger partial charge < -0.3 is 15.4 Å². The highest BCUT2D eigenvalue weighted by Crippen LogP contribution is 2.39. The van der Waals surface area contributed by atoms with Gasteiger partial charge in [-0.25, -0.2) is 13.6 Å². The van der Waals surface area contributed by atoms with Crippen LogP contribution in [0.4, 0.5) is 38.1 Å². The van der Waals surface area contributed by atoms with E-state index >= 15 is 0 Å². The molecule has 0 radical (unpaired) electrons. The molecule has 1 heterocycles. The SMILES string of the molecule is Cn1ncc(Br)c1-c1cc(NC(=O)Nc2ccc(F)cc2F)ccc1OC(F)(F)F. The van der Waals surface area contributed by atoms with Crippen molar-refractivity contribution < 1.29 is 31.5 Å². The molecule has 158 valence electrons. The Balaban J connectivity index is 1.90. The number of carbonyl (C=O) groups excluding carboxylic acids is 1. The zero-order valence-electron chi connectivity index (χ0n) is 15.0. The lowest BCUT2D eigenvalue weighted by Gasteiger charge is -2.16. The van der Waals surface area contributed by atoms with Gasteiger partial charge in [0.15, 0.2) is 0 Å². The number of anilines is 2. The summed E-state index contributed by atoms with van der Waals surface area (Å²) < 4.78 is 70.8. The minimum absolute atomic E-state index is 0.00929. The van der Waals surface area contributed by atoms with Gasteiger partial charge in [0.1, 0.15) is 17.4 Å². The van der Waals surface area contributed by atoms with Crippen molar-refractivity contribution in [3.05, 3.63) is 58.7 Å². The first-order valence-corrected chi connectivity index (χ1v) is 8.93. The Bertz CT molecular complexity index is 1080. The summed E-state index contributed by atoms with van der Waals surface area (Å²) in [5.41, 5.74) is 0.0704. The number of hydrogen-bond donors (Lipinski definition) is 2. The van der Waals surface area contributed by atoms with Crippen LogP contribution in [0.5, 0.6) is 5.75 Å². The van der Waals surface area contributed by atoms with Crippen LogP contribution in [-0.2, 0) is 7.05 Å². The molecular weight excluding hydrogens is 479 g/mol. The topological polar surface area (TPSA) is 68.2 Å². The summed E-state index contributed by atoms with van der Waals surface area (Å²) >= 11 is 3.21. The second-order valence-electron chi connectivity index (χ2n) is 5.93. The number of nitrogens with one attached hydrogen (secondary N) is 2. The second kappa shape index (κ2) is 8.30. The molecule has 0 saturated heterocycles. The molecular formula is C18H12BrF5N4O2. The molecule has 12 heteroatoms. The van der Waals surface area contributed by atoms with E-state index in [1.54, 1.807) is 0 Å². The van der Waals surface area contributed by atoms with E-state index in [0.717, 1.165) is 18.2 Å². The van der Waals surface area contributed by atoms with Crippen LogP contribution < -0.4 is 15.4 Å². The summed E-state index contributed by atoms with van der Waals surface area (Å²) in [7, 11) is 1.52. The maximum absolute atomic E-state index is 13.7. The lowest BCUT2D eigenvalue weighted by Crippen LogP contribution is -2.21. The second-order valence-corrected chi connectivity index (χ2v) is 6.78. The molecule has 2 N–H and O–H groups in total. The van der Waals surface area contributed by atoms with Gasteiger partial charge in [0.25, 0.3) is 0 Å². The molecule has 30 heavy (non-hydrogen) atoms. The van der Waals surface area contributed by atoms with Crippen molar-refractivity contribution in [3.63, 3.8) is 0 Å². The van der Waals surface area contributed by atoms with Crippen molar-refractivity contribution in [2.75, 3.05) is 10.6 Å². The van der Waals surface area contributed by atoms with Crippen molar-refractivity contribution in [3.8, 4) is 17.0 Å². The number of carbonyl (C=O) groups is 1. The van der Waals surface area contributed by atoms with Gasteiger partial charge in [-0.15, -0.1) is 13.2 Å². The highest BCUT2D eigenvalue weighted by molar-refractivity contribution is 9.10. The zero-order valence-corrected chi connectivity index (χ0v) is 16.6. The maximum Gasteiger partial charge on any atom is 0.573 e. The van der Waals surface area contributed by atoms with Crippen LogP contribution in [0, 0.1) is 11.6 Å². The first kappa shape index (κ1) is 21.6. The number of rotatable bonds is 4. The third kappa shape index (κ3) is 5.06. The minimum Gasteiger partial charge on any atom is -0.405 e. The molecule has 3 rings (SSSR count). The van der Waals surface area contributed by atoms with Crippen molar-refractivity contribution in [1.29, 1.82) is 0 Å². The highest BCUT2D eigenvalue weighted by Gasteiger charge is 2.33. The Morgan fingerprint density at radius 2 is 1.87 bits per heavy atom. The van der Waals surface area contributed by atoms with Gasteiger partial charge in [-0.2, -0.15) is 5.10 Å². The number of halogens is 6. The lowest BCUT2D eigenvalue weighted by molar-refractivity contribution is -0.274. The van der Waals surface area contributed by atoms with E-state index in [9.17, 15) is 26.7 Å². The van der Waals surface area contributed by atoms with Gasteiger partial charge in [-0.05, 0) is 46.3 Å². The van der Waals surface area contributed by atoms with Crippen LogP contribution in [-0.4, -0.2) is 22.2 Å². The van der Waals surface area contributed by atoms with E-state index in [-0.39, 0.29) is 22.6 Å². The molecule has 0 aliphatic heterocycles. The molecule has 0 bridgehead atoms. The first-order valence-electron chi connectivity index (χ1n) is 8.14. The van der Waals surface area contributed by atoms with Crippen LogP contribution in [0.15, 0.2) is 47.1 Å². The average molecular weight is 491 g/mol. The van der Waals surface area contributed by atoms with E-state index in [1.165, 1.54) is 30.1 Å². The first-order chi connectivity index (χ1) is 14.0. The predicted octanol–water partition coefficient (Wildman–Crippen LogP) is 5.67. The Labute approximate surface area is 174 Å². The molecule has 1 aromatic heterocycles. The number of amides is 2. The van der Waals surface area contributed by atoms with E-state index in [2.05, 4.69) is 36.4 Å². The molecule has 2 aromatic carbocycles. The van der Waals surface area contributed by atoms with Crippen LogP contribution in [0.25, 0.3) is 11.3 Å². The number of aryl methyl sites for hydroxylation is 1. The fourth-order valence-electron chi connectivity index (χ4n) is 2.60. The molecule has 0 aliphatic rings. The molecule has 0 saturated carbocycles. The number of urea groups is 1. The fraction of sp³-hybridized carbons (Fsp3) is 0.111. The summed E-state index contributed by atoms with van der Waals surface area (Å²) in [6.07, 6.45) is -3.55. The van der Waals surface area contributed by atoms with Crippen LogP contribution in [0.2, 0.25) is 0 Å². The number of alkyl halides is 3. The minimum atomic E-state index is -4.94. The highest BCUT2D eigenvalue weighted by atomic mass is 79.9. The lowest BCUT2D eigenvalue weighted by atomic mass is 10.1. The molecule has 0 fully saturated rings. The summed E-state index contributed by atoms with van der Waals surface area (Å²) in [4.78, 5) is 12.1. The monoisotopic (exact) mass is 490 g/mol. The van der Waals surface area contributed by atoms with Gasteiger partial charge >= 0.3 is 12.4 Å². The Hall–Kier alpha value is -3.15. The van der Waals surface area contributed by atoms with Crippen LogP contribution >= 0.6 is 15.9 Å². The third-order valence-electron chi connectivity index (χ3n) is 3.79. The number of aromatic nitrogens is 2. The van der Waals surface area contributed by atoms with Gasteiger partial charge in [0.2, 0.25) is 0 Å². The van der Waals surface area contributed by atoms with Crippen molar-refractivity contribution in [2.45, 2.75) is 6.36 Å². The van der Waals surface area contributed by atoms with E-state index in [4.69, 9.17) is 0 Å². The van der Waals surface area contributed by atoms with E-state index < -0.39 is 29.8 Å². The van der Waals surface area contributed by atoms with E-state index in [0.29, 0.717) is 10.5 Å². The van der Waals surface area contributed by atoms with Crippen molar-refractivity contribution in [1.82, 2.24) is 9.78 Å². The van der Waals surface area contributed by atoms with Crippen LogP contribution in [0.1, 0.15) is 0 Å². The Morgan fingerprint density at radius 3 is 2.47 bits per heavy atom. The fourth-order valence-corrected chi connectivity index (χ4v) is 3.16.